The average molecular weight is 536 g/mol. The van der Waals surface area contributed by atoms with Gasteiger partial charge in [-0.05, 0) is 56.7 Å². The molecule has 1 heterocycles. The molecule has 0 saturated heterocycles. The Labute approximate surface area is 231 Å². The average Bonchev–Trinajstić information content (AvgIpc) is 2.93. The van der Waals surface area contributed by atoms with Crippen LogP contribution in [0.15, 0.2) is 84.9 Å². The predicted octanol–water partition coefficient (Wildman–Crippen LogP) is 7.34. The number of rotatable bonds is 6. The maximum atomic E-state index is 12.8. The van der Waals surface area contributed by atoms with Crippen LogP contribution in [0.1, 0.15) is 27.0 Å². The first-order valence-electron chi connectivity index (χ1n) is 12.5. The molecule has 7 heteroatoms. The number of carbonyl (C=O) groups excluding carboxylic acids is 2. The summed E-state index contributed by atoms with van der Waals surface area (Å²) in [6.45, 7) is 5.49. The molecule has 0 spiro atoms. The molecule has 6 nitrogen and oxygen atoms in total. The van der Waals surface area contributed by atoms with Gasteiger partial charge < -0.3 is 10.1 Å². The van der Waals surface area contributed by atoms with Gasteiger partial charge in [0.1, 0.15) is 0 Å². The van der Waals surface area contributed by atoms with E-state index >= 15 is 0 Å². The van der Waals surface area contributed by atoms with Gasteiger partial charge in [0, 0.05) is 21.8 Å². The second kappa shape index (κ2) is 11.1. The van der Waals surface area contributed by atoms with Crippen molar-refractivity contribution in [3.8, 4) is 22.5 Å². The highest BCUT2D eigenvalue weighted by Crippen LogP contribution is 2.31. The minimum absolute atomic E-state index is 0.279. The number of hydrogen-bond donors (Lipinski definition) is 1. The smallest absolute Gasteiger partial charge is 0.338 e. The minimum atomic E-state index is -0.629. The van der Waals surface area contributed by atoms with Crippen LogP contribution in [0.3, 0.4) is 0 Å². The van der Waals surface area contributed by atoms with E-state index in [0.29, 0.717) is 27.4 Å². The van der Waals surface area contributed by atoms with Crippen molar-refractivity contribution in [3.05, 3.63) is 112 Å². The van der Waals surface area contributed by atoms with E-state index < -0.39 is 18.5 Å². The Balaban J connectivity index is 1.42. The molecule has 1 aromatic heterocycles. The van der Waals surface area contributed by atoms with Crippen molar-refractivity contribution in [3.63, 3.8) is 0 Å². The molecule has 0 fully saturated rings. The Kier molecular flexibility index (Phi) is 7.39. The Bertz CT molecular complexity index is 1700. The summed E-state index contributed by atoms with van der Waals surface area (Å²) < 4.78 is 5.28. The molecule has 5 aromatic rings. The first-order valence-corrected chi connectivity index (χ1v) is 12.8. The number of benzene rings is 4. The number of esters is 1. The van der Waals surface area contributed by atoms with Crippen molar-refractivity contribution < 1.29 is 14.3 Å². The molecule has 0 aliphatic carbocycles. The number of carbonyl (C=O) groups is 2. The molecule has 1 N–H and O–H groups in total. The molecule has 4 aromatic carbocycles. The molecular weight excluding hydrogens is 510 g/mol. The summed E-state index contributed by atoms with van der Waals surface area (Å²) in [7, 11) is 0. The van der Waals surface area contributed by atoms with Crippen molar-refractivity contribution in [2.24, 2.45) is 0 Å². The molecule has 0 radical (unpaired) electrons. The van der Waals surface area contributed by atoms with Crippen molar-refractivity contribution in [1.29, 1.82) is 0 Å². The van der Waals surface area contributed by atoms with Crippen LogP contribution in [0.25, 0.3) is 33.5 Å². The van der Waals surface area contributed by atoms with Gasteiger partial charge in [0.05, 0.1) is 28.0 Å². The summed E-state index contributed by atoms with van der Waals surface area (Å²) in [6.07, 6.45) is 0. The molecule has 0 atom stereocenters. The number of nitrogens with one attached hydrogen (secondary N) is 1. The van der Waals surface area contributed by atoms with Crippen molar-refractivity contribution in [1.82, 2.24) is 9.97 Å². The zero-order valence-corrected chi connectivity index (χ0v) is 22.5. The lowest BCUT2D eigenvalue weighted by molar-refractivity contribution is -0.119. The van der Waals surface area contributed by atoms with Gasteiger partial charge in [-0.25, -0.2) is 14.8 Å². The lowest BCUT2D eigenvalue weighted by Gasteiger charge is -2.12. The molecule has 1 amide bonds. The number of anilines is 1. The first-order chi connectivity index (χ1) is 18.8. The Morgan fingerprint density at radius 3 is 1.95 bits per heavy atom. The van der Waals surface area contributed by atoms with E-state index in [0.717, 1.165) is 33.5 Å². The fourth-order valence-corrected chi connectivity index (χ4v) is 4.31. The van der Waals surface area contributed by atoms with Gasteiger partial charge in [-0.3, -0.25) is 4.79 Å². The maximum Gasteiger partial charge on any atom is 0.338 e. The predicted molar refractivity (Wildman–Crippen MR) is 155 cm³/mol. The van der Waals surface area contributed by atoms with Crippen LogP contribution in [-0.4, -0.2) is 28.5 Å². The Morgan fingerprint density at radius 2 is 1.33 bits per heavy atom. The maximum absolute atomic E-state index is 12.8. The number of aryl methyl sites for hydroxylation is 3. The number of fused-ring (bicyclic) bond motifs is 1. The quantitative estimate of drug-likeness (QED) is 0.230. The minimum Gasteiger partial charge on any atom is -0.452 e. The van der Waals surface area contributed by atoms with Crippen LogP contribution in [0, 0.1) is 20.8 Å². The van der Waals surface area contributed by atoms with Crippen LogP contribution in [0.2, 0.25) is 5.02 Å². The molecule has 0 bridgehead atoms. The third-order valence-electron chi connectivity index (χ3n) is 6.36. The van der Waals surface area contributed by atoms with Crippen molar-refractivity contribution in [2.75, 3.05) is 11.9 Å². The Hall–Kier alpha value is -4.55. The monoisotopic (exact) mass is 535 g/mol. The largest absolute Gasteiger partial charge is 0.452 e. The molecule has 0 unspecified atom stereocenters. The molecule has 0 aliphatic rings. The number of halogens is 1. The van der Waals surface area contributed by atoms with Crippen LogP contribution in [-0.2, 0) is 9.53 Å². The third-order valence-corrected chi connectivity index (χ3v) is 6.59. The van der Waals surface area contributed by atoms with Crippen molar-refractivity contribution >= 4 is 40.2 Å². The lowest BCUT2D eigenvalue weighted by Crippen LogP contribution is -2.21. The van der Waals surface area contributed by atoms with Gasteiger partial charge in [-0.2, -0.15) is 0 Å². The van der Waals surface area contributed by atoms with E-state index in [-0.39, 0.29) is 5.56 Å². The van der Waals surface area contributed by atoms with E-state index in [1.54, 1.807) is 36.4 Å². The van der Waals surface area contributed by atoms with E-state index in [1.165, 1.54) is 0 Å². The fourth-order valence-electron chi connectivity index (χ4n) is 4.14. The summed E-state index contributed by atoms with van der Waals surface area (Å²) in [4.78, 5) is 35.0. The normalized spacial score (nSPS) is 10.9. The van der Waals surface area contributed by atoms with Crippen LogP contribution < -0.4 is 5.32 Å². The molecule has 5 rings (SSSR count). The second-order valence-electron chi connectivity index (χ2n) is 9.44. The van der Waals surface area contributed by atoms with Gasteiger partial charge >= 0.3 is 5.97 Å². The first kappa shape index (κ1) is 26.1. The van der Waals surface area contributed by atoms with E-state index in [1.807, 2.05) is 69.3 Å². The van der Waals surface area contributed by atoms with Gasteiger partial charge in [0.2, 0.25) is 0 Å². The summed E-state index contributed by atoms with van der Waals surface area (Å²) >= 11 is 6.02. The molecular formula is C32H26ClN3O3. The number of amides is 1. The number of hydrogen-bond acceptors (Lipinski definition) is 5. The summed E-state index contributed by atoms with van der Waals surface area (Å²) in [5.74, 6) is -1.09. The Morgan fingerprint density at radius 1 is 0.744 bits per heavy atom. The van der Waals surface area contributed by atoms with E-state index in [2.05, 4.69) is 5.32 Å². The van der Waals surface area contributed by atoms with Crippen LogP contribution in [0.4, 0.5) is 5.69 Å². The topological polar surface area (TPSA) is 81.2 Å². The molecule has 39 heavy (non-hydrogen) atoms. The van der Waals surface area contributed by atoms with Gasteiger partial charge in [0.25, 0.3) is 5.91 Å². The fraction of sp³-hybridized carbons (Fsp3) is 0.125. The third kappa shape index (κ3) is 5.97. The lowest BCUT2D eigenvalue weighted by atomic mass is 10.0. The van der Waals surface area contributed by atoms with Gasteiger partial charge in [-0.15, -0.1) is 0 Å². The standard InChI is InChI=1S/C32H26ClN3O3/c1-19-4-9-22(10-5-19)30-31(23-11-6-20(2)7-12-23)36-28-16-24(13-15-26(28)35-30)32(38)39-18-29(37)34-27-17-25(33)14-8-21(27)3/h4-17H,18H2,1-3H3,(H,34,37). The highest BCUT2D eigenvalue weighted by molar-refractivity contribution is 6.31. The molecule has 194 valence electrons. The number of ether oxygens (including phenoxy) is 1. The second-order valence-corrected chi connectivity index (χ2v) is 9.88. The summed E-state index contributed by atoms with van der Waals surface area (Å²) in [5, 5.41) is 3.22. The van der Waals surface area contributed by atoms with Crippen LogP contribution in [0.5, 0.6) is 0 Å². The summed E-state index contributed by atoms with van der Waals surface area (Å²) in [6, 6.07) is 26.4. The van der Waals surface area contributed by atoms with Gasteiger partial charge in [-0.1, -0.05) is 77.3 Å². The van der Waals surface area contributed by atoms with Crippen molar-refractivity contribution in [2.45, 2.75) is 20.8 Å². The summed E-state index contributed by atoms with van der Waals surface area (Å²) in [5.41, 5.74) is 8.54. The highest BCUT2D eigenvalue weighted by atomic mass is 35.5. The molecule has 0 aliphatic heterocycles. The number of aromatic nitrogens is 2. The van der Waals surface area contributed by atoms with Crippen LogP contribution >= 0.6 is 11.6 Å². The zero-order chi connectivity index (χ0) is 27.5. The highest BCUT2D eigenvalue weighted by Gasteiger charge is 2.16. The molecule has 0 saturated carbocycles. The van der Waals surface area contributed by atoms with E-state index in [9.17, 15) is 9.59 Å². The SMILES string of the molecule is Cc1ccc(-c2nc3ccc(C(=O)OCC(=O)Nc4cc(Cl)ccc4C)cc3nc2-c2ccc(C)cc2)cc1. The zero-order valence-electron chi connectivity index (χ0n) is 21.8. The van der Waals surface area contributed by atoms with Gasteiger partial charge in [0.15, 0.2) is 6.61 Å². The number of nitrogens with zero attached hydrogens (tertiary/aromatic N) is 2. The van der Waals surface area contributed by atoms with E-state index in [4.69, 9.17) is 26.3 Å².